The SMILES string of the molecule is CNc1nc(C2CCN(C(C)=O)CC2)nc2c1CCN(C(=O)CCC1CCCC1)C2. The van der Waals surface area contributed by atoms with Crippen LogP contribution < -0.4 is 5.32 Å². The van der Waals surface area contributed by atoms with Crippen LogP contribution in [-0.2, 0) is 22.6 Å². The van der Waals surface area contributed by atoms with E-state index < -0.39 is 0 Å². The maximum absolute atomic E-state index is 12.8. The van der Waals surface area contributed by atoms with Crippen LogP contribution in [0.25, 0.3) is 0 Å². The van der Waals surface area contributed by atoms with E-state index in [2.05, 4.69) is 5.32 Å². The number of carbonyl (C=O) groups excluding carboxylic acids is 2. The lowest BCUT2D eigenvalue weighted by Crippen LogP contribution is -2.38. The molecule has 2 fully saturated rings. The Labute approximate surface area is 179 Å². The molecule has 2 aliphatic heterocycles. The molecule has 1 N–H and O–H groups in total. The van der Waals surface area contributed by atoms with Gasteiger partial charge in [-0.15, -0.1) is 0 Å². The van der Waals surface area contributed by atoms with Crippen molar-refractivity contribution in [3.63, 3.8) is 0 Å². The van der Waals surface area contributed by atoms with Gasteiger partial charge in [-0.1, -0.05) is 25.7 Å². The van der Waals surface area contributed by atoms with Crippen molar-refractivity contribution in [3.05, 3.63) is 17.1 Å². The minimum Gasteiger partial charge on any atom is -0.373 e. The topological polar surface area (TPSA) is 78.4 Å². The molecule has 4 rings (SSSR count). The van der Waals surface area contributed by atoms with E-state index >= 15 is 0 Å². The summed E-state index contributed by atoms with van der Waals surface area (Å²) in [7, 11) is 1.91. The molecule has 7 heteroatoms. The average molecular weight is 414 g/mol. The number of hydrogen-bond donors (Lipinski definition) is 1. The molecular formula is C23H35N5O2. The molecule has 1 aromatic rings. The van der Waals surface area contributed by atoms with Gasteiger partial charge in [-0.2, -0.15) is 0 Å². The van der Waals surface area contributed by atoms with Crippen molar-refractivity contribution < 1.29 is 9.59 Å². The molecule has 3 aliphatic rings. The fourth-order valence-corrected chi connectivity index (χ4v) is 5.29. The van der Waals surface area contributed by atoms with Gasteiger partial charge in [-0.05, 0) is 31.6 Å². The molecule has 0 unspecified atom stereocenters. The lowest BCUT2D eigenvalue weighted by molar-refractivity contribution is -0.132. The third kappa shape index (κ3) is 4.60. The van der Waals surface area contributed by atoms with Gasteiger partial charge >= 0.3 is 0 Å². The molecule has 0 spiro atoms. The summed E-state index contributed by atoms with van der Waals surface area (Å²) in [6.45, 7) is 4.51. The summed E-state index contributed by atoms with van der Waals surface area (Å²) in [5.41, 5.74) is 2.15. The summed E-state index contributed by atoms with van der Waals surface area (Å²) >= 11 is 0. The molecule has 164 valence electrons. The van der Waals surface area contributed by atoms with E-state index in [1.165, 1.54) is 25.7 Å². The molecule has 0 aromatic carbocycles. The van der Waals surface area contributed by atoms with Crippen molar-refractivity contribution in [2.45, 2.75) is 77.2 Å². The van der Waals surface area contributed by atoms with Gasteiger partial charge in [0.2, 0.25) is 11.8 Å². The normalized spacial score (nSPS) is 20.3. The van der Waals surface area contributed by atoms with Crippen LogP contribution in [0.3, 0.4) is 0 Å². The first-order chi connectivity index (χ1) is 14.5. The van der Waals surface area contributed by atoms with Crippen LogP contribution >= 0.6 is 0 Å². The van der Waals surface area contributed by atoms with E-state index in [9.17, 15) is 9.59 Å². The number of hydrogen-bond acceptors (Lipinski definition) is 5. The molecule has 1 aromatic heterocycles. The monoisotopic (exact) mass is 413 g/mol. The van der Waals surface area contributed by atoms with E-state index in [-0.39, 0.29) is 17.7 Å². The number of piperidine rings is 1. The van der Waals surface area contributed by atoms with E-state index in [0.29, 0.717) is 13.0 Å². The highest BCUT2D eigenvalue weighted by atomic mass is 16.2. The lowest BCUT2D eigenvalue weighted by atomic mass is 9.95. The summed E-state index contributed by atoms with van der Waals surface area (Å²) in [5.74, 6) is 3.20. The highest BCUT2D eigenvalue weighted by Crippen LogP contribution is 2.32. The molecule has 1 saturated carbocycles. The summed E-state index contributed by atoms with van der Waals surface area (Å²) in [5, 5.41) is 3.25. The Morgan fingerprint density at radius 3 is 2.43 bits per heavy atom. The Balaban J connectivity index is 1.44. The zero-order valence-corrected chi connectivity index (χ0v) is 18.5. The van der Waals surface area contributed by atoms with Crippen LogP contribution in [0.1, 0.15) is 81.3 Å². The zero-order chi connectivity index (χ0) is 21.1. The van der Waals surface area contributed by atoms with Crippen molar-refractivity contribution in [1.82, 2.24) is 19.8 Å². The van der Waals surface area contributed by atoms with Crippen molar-refractivity contribution >= 4 is 17.6 Å². The number of fused-ring (bicyclic) bond motifs is 1. The van der Waals surface area contributed by atoms with E-state index in [0.717, 1.165) is 74.1 Å². The van der Waals surface area contributed by atoms with E-state index in [1.54, 1.807) is 6.92 Å². The minimum atomic E-state index is 0.141. The molecule has 3 heterocycles. The van der Waals surface area contributed by atoms with Gasteiger partial charge in [-0.3, -0.25) is 9.59 Å². The second-order valence-corrected chi connectivity index (χ2v) is 9.14. The second kappa shape index (κ2) is 9.31. The molecule has 0 atom stereocenters. The third-order valence-electron chi connectivity index (χ3n) is 7.22. The van der Waals surface area contributed by atoms with Crippen LogP contribution in [-0.4, -0.2) is 58.3 Å². The first kappa shape index (κ1) is 21.1. The Bertz CT molecular complexity index is 782. The summed E-state index contributed by atoms with van der Waals surface area (Å²) in [6.07, 6.45) is 9.54. The molecule has 1 saturated heterocycles. The molecule has 0 bridgehead atoms. The molecular weight excluding hydrogens is 378 g/mol. The average Bonchev–Trinajstić information content (AvgIpc) is 3.30. The van der Waals surface area contributed by atoms with Gasteiger partial charge in [0.25, 0.3) is 0 Å². The van der Waals surface area contributed by atoms with Gasteiger partial charge in [0.15, 0.2) is 0 Å². The summed E-state index contributed by atoms with van der Waals surface area (Å²) in [4.78, 5) is 38.1. The fourth-order valence-electron chi connectivity index (χ4n) is 5.29. The van der Waals surface area contributed by atoms with Crippen LogP contribution in [0.15, 0.2) is 0 Å². The molecule has 2 amide bonds. The Kier molecular flexibility index (Phi) is 6.54. The highest BCUT2D eigenvalue weighted by molar-refractivity contribution is 5.76. The van der Waals surface area contributed by atoms with Gasteiger partial charge in [-0.25, -0.2) is 9.97 Å². The lowest BCUT2D eigenvalue weighted by Gasteiger charge is -2.33. The standard InChI is InChI=1S/C23H35N5O2/c1-16(29)27-12-9-18(10-13-27)22-25-20-15-28(14-11-19(20)23(24-2)26-22)21(30)8-7-17-5-3-4-6-17/h17-18H,3-15H2,1-2H3,(H,24,25,26). The van der Waals surface area contributed by atoms with Crippen molar-refractivity contribution in [1.29, 1.82) is 0 Å². The van der Waals surface area contributed by atoms with Crippen molar-refractivity contribution in [2.24, 2.45) is 5.92 Å². The second-order valence-electron chi connectivity index (χ2n) is 9.14. The number of anilines is 1. The van der Waals surface area contributed by atoms with Crippen molar-refractivity contribution in [2.75, 3.05) is 32.0 Å². The molecule has 0 radical (unpaired) electrons. The number of amides is 2. The highest BCUT2D eigenvalue weighted by Gasteiger charge is 2.29. The van der Waals surface area contributed by atoms with E-state index in [4.69, 9.17) is 9.97 Å². The summed E-state index contributed by atoms with van der Waals surface area (Å²) < 4.78 is 0. The Morgan fingerprint density at radius 2 is 1.77 bits per heavy atom. The number of nitrogens with one attached hydrogen (secondary N) is 1. The van der Waals surface area contributed by atoms with Gasteiger partial charge < -0.3 is 15.1 Å². The maximum atomic E-state index is 12.8. The van der Waals surface area contributed by atoms with Gasteiger partial charge in [0, 0.05) is 51.5 Å². The fraction of sp³-hybridized carbons (Fsp3) is 0.739. The quantitative estimate of drug-likeness (QED) is 0.802. The number of rotatable bonds is 5. The number of nitrogens with zero attached hydrogens (tertiary/aromatic N) is 4. The Morgan fingerprint density at radius 1 is 1.03 bits per heavy atom. The smallest absolute Gasteiger partial charge is 0.222 e. The first-order valence-corrected chi connectivity index (χ1v) is 11.7. The number of carbonyl (C=O) groups is 2. The number of likely N-dealkylation sites (tertiary alicyclic amines) is 1. The number of aromatic nitrogens is 2. The molecule has 1 aliphatic carbocycles. The van der Waals surface area contributed by atoms with Crippen LogP contribution in [0.4, 0.5) is 5.82 Å². The van der Waals surface area contributed by atoms with Crippen LogP contribution in [0.5, 0.6) is 0 Å². The first-order valence-electron chi connectivity index (χ1n) is 11.7. The Hall–Kier alpha value is -2.18. The van der Waals surface area contributed by atoms with Crippen LogP contribution in [0, 0.1) is 5.92 Å². The van der Waals surface area contributed by atoms with Crippen molar-refractivity contribution in [3.8, 4) is 0 Å². The molecule has 7 nitrogen and oxygen atoms in total. The summed E-state index contributed by atoms with van der Waals surface area (Å²) in [6, 6.07) is 0. The minimum absolute atomic E-state index is 0.141. The molecule has 30 heavy (non-hydrogen) atoms. The largest absolute Gasteiger partial charge is 0.373 e. The van der Waals surface area contributed by atoms with E-state index in [1.807, 2.05) is 16.8 Å². The zero-order valence-electron chi connectivity index (χ0n) is 18.5. The van der Waals surface area contributed by atoms with Gasteiger partial charge in [0.1, 0.15) is 11.6 Å². The predicted octanol–water partition coefficient (Wildman–Crippen LogP) is 3.10. The maximum Gasteiger partial charge on any atom is 0.222 e. The van der Waals surface area contributed by atoms with Gasteiger partial charge in [0.05, 0.1) is 12.2 Å². The third-order valence-corrected chi connectivity index (χ3v) is 7.22. The predicted molar refractivity (Wildman–Crippen MR) is 116 cm³/mol. The van der Waals surface area contributed by atoms with Crippen LogP contribution in [0.2, 0.25) is 0 Å².